The highest BCUT2D eigenvalue weighted by atomic mass is 35.5. The third-order valence-corrected chi connectivity index (χ3v) is 3.28. The van der Waals surface area contributed by atoms with Gasteiger partial charge in [-0.2, -0.15) is 0 Å². The highest BCUT2D eigenvalue weighted by Crippen LogP contribution is 2.02. The molecular weight excluding hydrogens is 226 g/mol. The molecule has 0 aromatic carbocycles. The van der Waals surface area contributed by atoms with Gasteiger partial charge in [0, 0.05) is 5.88 Å². The summed E-state index contributed by atoms with van der Waals surface area (Å²) >= 11 is 5.51. The van der Waals surface area contributed by atoms with E-state index < -0.39 is 10.0 Å². The summed E-state index contributed by atoms with van der Waals surface area (Å²) in [5, 5.41) is 0. The minimum Gasteiger partial charge on any atom is -0.287 e. The smallest absolute Gasteiger partial charge is 0.233 e. The van der Waals surface area contributed by atoms with Crippen molar-refractivity contribution in [1.29, 1.82) is 0 Å². The molecule has 0 aromatic rings. The van der Waals surface area contributed by atoms with Crippen LogP contribution in [0.25, 0.3) is 0 Å². The van der Waals surface area contributed by atoms with E-state index in [9.17, 15) is 8.42 Å². The van der Waals surface area contributed by atoms with Crippen LogP contribution in [-0.4, -0.2) is 26.7 Å². The largest absolute Gasteiger partial charge is 0.287 e. The van der Waals surface area contributed by atoms with Crippen LogP contribution >= 0.6 is 11.6 Å². The number of halogens is 1. The topological polar surface area (TPSA) is 55.4 Å². The third kappa shape index (κ3) is 7.55. The maximum absolute atomic E-state index is 11.3. The van der Waals surface area contributed by atoms with E-state index in [-0.39, 0.29) is 11.7 Å². The zero-order chi connectivity index (χ0) is 11.2. The predicted molar refractivity (Wildman–Crippen MR) is 57.6 cm³/mol. The number of sulfonamides is 1. The first-order valence-corrected chi connectivity index (χ1v) is 6.73. The second-order valence-corrected chi connectivity index (χ2v) is 5.87. The summed E-state index contributed by atoms with van der Waals surface area (Å²) in [6, 6.07) is 0. The summed E-state index contributed by atoms with van der Waals surface area (Å²) in [6.07, 6.45) is 0. The van der Waals surface area contributed by atoms with E-state index in [0.717, 1.165) is 0 Å². The second-order valence-electron chi connectivity index (χ2n) is 3.83. The molecule has 1 atom stereocenters. The van der Waals surface area contributed by atoms with Gasteiger partial charge in [-0.05, 0) is 11.8 Å². The van der Waals surface area contributed by atoms with Gasteiger partial charge in [-0.3, -0.25) is 4.84 Å². The van der Waals surface area contributed by atoms with Crippen molar-refractivity contribution in [2.45, 2.75) is 20.8 Å². The van der Waals surface area contributed by atoms with Crippen LogP contribution < -0.4 is 4.89 Å². The number of hydrogen-bond donors (Lipinski definition) is 1. The Balaban J connectivity index is 3.84. The highest BCUT2D eigenvalue weighted by Gasteiger charge is 2.15. The number of rotatable bonds is 7. The molecule has 0 aliphatic carbocycles. The Hall–Kier alpha value is 0.160. The molecule has 0 heterocycles. The van der Waals surface area contributed by atoms with Crippen LogP contribution in [0.1, 0.15) is 20.8 Å². The van der Waals surface area contributed by atoms with Gasteiger partial charge in [0.25, 0.3) is 0 Å². The lowest BCUT2D eigenvalue weighted by molar-refractivity contribution is 0.0717. The van der Waals surface area contributed by atoms with E-state index in [1.54, 1.807) is 6.92 Å². The fourth-order valence-electron chi connectivity index (χ4n) is 0.744. The molecule has 0 fully saturated rings. The minimum absolute atomic E-state index is 0.00536. The quantitative estimate of drug-likeness (QED) is 0.543. The van der Waals surface area contributed by atoms with Gasteiger partial charge >= 0.3 is 0 Å². The van der Waals surface area contributed by atoms with Gasteiger partial charge in [0.05, 0.1) is 12.4 Å². The summed E-state index contributed by atoms with van der Waals surface area (Å²) in [5.41, 5.74) is 0. The average molecular weight is 244 g/mol. The van der Waals surface area contributed by atoms with Gasteiger partial charge in [-0.1, -0.05) is 25.7 Å². The van der Waals surface area contributed by atoms with Crippen LogP contribution in [0.3, 0.4) is 0 Å². The molecule has 0 saturated carbocycles. The van der Waals surface area contributed by atoms with E-state index in [4.69, 9.17) is 16.4 Å². The molecule has 0 saturated heterocycles. The molecule has 0 aliphatic heterocycles. The van der Waals surface area contributed by atoms with E-state index in [0.29, 0.717) is 18.4 Å². The summed E-state index contributed by atoms with van der Waals surface area (Å²) in [4.78, 5) is 6.89. The Morgan fingerprint density at radius 1 is 1.36 bits per heavy atom. The first kappa shape index (κ1) is 14.2. The lowest BCUT2D eigenvalue weighted by Gasteiger charge is -2.11. The molecule has 0 rings (SSSR count). The fourth-order valence-corrected chi connectivity index (χ4v) is 2.16. The lowest BCUT2D eigenvalue weighted by Crippen LogP contribution is -2.30. The number of nitrogens with one attached hydrogen (secondary N) is 1. The van der Waals surface area contributed by atoms with Gasteiger partial charge in [-0.25, -0.2) is 8.42 Å². The zero-order valence-electron chi connectivity index (χ0n) is 8.79. The SMILES string of the molecule is CC(C)CONS(=O)(=O)CC(C)CCl. The van der Waals surface area contributed by atoms with Crippen LogP contribution in [0.4, 0.5) is 0 Å². The van der Waals surface area contributed by atoms with Crippen LogP contribution in [0.15, 0.2) is 0 Å². The summed E-state index contributed by atoms with van der Waals surface area (Å²) in [5.74, 6) is 0.541. The van der Waals surface area contributed by atoms with Crippen LogP contribution in [0.2, 0.25) is 0 Å². The molecular formula is C8H18ClNO3S. The molecule has 0 aromatic heterocycles. The Morgan fingerprint density at radius 3 is 2.36 bits per heavy atom. The summed E-state index contributed by atoms with van der Waals surface area (Å²) in [7, 11) is -3.35. The molecule has 86 valence electrons. The average Bonchev–Trinajstić information content (AvgIpc) is 2.02. The fraction of sp³-hybridized carbons (Fsp3) is 1.00. The monoisotopic (exact) mass is 243 g/mol. The van der Waals surface area contributed by atoms with Crippen LogP contribution in [-0.2, 0) is 14.9 Å². The molecule has 0 aliphatic rings. The molecule has 0 amide bonds. The van der Waals surface area contributed by atoms with Crippen molar-refractivity contribution in [3.8, 4) is 0 Å². The Bertz CT molecular complexity index is 241. The van der Waals surface area contributed by atoms with Crippen LogP contribution in [0.5, 0.6) is 0 Å². The van der Waals surface area contributed by atoms with Gasteiger partial charge in [-0.15, -0.1) is 11.6 Å². The zero-order valence-corrected chi connectivity index (χ0v) is 10.4. The van der Waals surface area contributed by atoms with Gasteiger partial charge in [0.2, 0.25) is 10.0 Å². The molecule has 1 N–H and O–H groups in total. The van der Waals surface area contributed by atoms with E-state index in [1.165, 1.54) is 0 Å². The molecule has 0 spiro atoms. The van der Waals surface area contributed by atoms with Crippen molar-refractivity contribution >= 4 is 21.6 Å². The van der Waals surface area contributed by atoms with E-state index in [2.05, 4.69) is 4.89 Å². The minimum atomic E-state index is -3.35. The first-order valence-electron chi connectivity index (χ1n) is 4.54. The van der Waals surface area contributed by atoms with Crippen molar-refractivity contribution in [2.75, 3.05) is 18.2 Å². The maximum atomic E-state index is 11.3. The molecule has 1 unspecified atom stereocenters. The highest BCUT2D eigenvalue weighted by molar-refractivity contribution is 7.89. The lowest BCUT2D eigenvalue weighted by atomic mass is 10.2. The molecule has 0 bridgehead atoms. The molecule has 6 heteroatoms. The van der Waals surface area contributed by atoms with Crippen LogP contribution in [0, 0.1) is 11.8 Å². The number of hydrogen-bond acceptors (Lipinski definition) is 3. The summed E-state index contributed by atoms with van der Waals surface area (Å²) < 4.78 is 22.6. The Labute approximate surface area is 91.0 Å². The Morgan fingerprint density at radius 2 is 1.93 bits per heavy atom. The predicted octanol–water partition coefficient (Wildman–Crippen LogP) is 1.37. The van der Waals surface area contributed by atoms with Gasteiger partial charge < -0.3 is 0 Å². The van der Waals surface area contributed by atoms with Gasteiger partial charge in [0.1, 0.15) is 0 Å². The Kier molecular flexibility index (Phi) is 6.68. The van der Waals surface area contributed by atoms with Crippen molar-refractivity contribution in [3.63, 3.8) is 0 Å². The third-order valence-electron chi connectivity index (χ3n) is 1.37. The van der Waals surface area contributed by atoms with Crippen molar-refractivity contribution in [3.05, 3.63) is 0 Å². The van der Waals surface area contributed by atoms with Crippen molar-refractivity contribution in [2.24, 2.45) is 11.8 Å². The maximum Gasteiger partial charge on any atom is 0.233 e. The van der Waals surface area contributed by atoms with E-state index in [1.807, 2.05) is 13.8 Å². The van der Waals surface area contributed by atoms with Crippen molar-refractivity contribution in [1.82, 2.24) is 4.89 Å². The first-order chi connectivity index (χ1) is 6.37. The molecule has 14 heavy (non-hydrogen) atoms. The molecule has 0 radical (unpaired) electrons. The number of alkyl halides is 1. The standard InChI is InChI=1S/C8H18ClNO3S/c1-7(2)5-13-10-14(11,12)6-8(3)4-9/h7-8,10H,4-6H2,1-3H3. The van der Waals surface area contributed by atoms with E-state index >= 15 is 0 Å². The summed E-state index contributed by atoms with van der Waals surface area (Å²) in [6.45, 7) is 6.02. The van der Waals surface area contributed by atoms with Crippen molar-refractivity contribution < 1.29 is 13.3 Å². The normalized spacial score (nSPS) is 14.6. The van der Waals surface area contributed by atoms with Gasteiger partial charge in [0.15, 0.2) is 0 Å². The molecule has 4 nitrogen and oxygen atoms in total. The second kappa shape index (κ2) is 6.61.